The average Bonchev–Trinajstić information content (AvgIpc) is 2.35. The van der Waals surface area contributed by atoms with Crippen LogP contribution in [0.25, 0.3) is 0 Å². The van der Waals surface area contributed by atoms with Gasteiger partial charge in [-0.15, -0.1) is 0 Å². The average molecular weight is 243 g/mol. The van der Waals surface area contributed by atoms with E-state index < -0.39 is 18.0 Å². The van der Waals surface area contributed by atoms with E-state index in [0.29, 0.717) is 18.7 Å². The fourth-order valence-electron chi connectivity index (χ4n) is 1.53. The minimum absolute atomic E-state index is 0.0490. The van der Waals surface area contributed by atoms with Gasteiger partial charge in [0.05, 0.1) is 13.2 Å². The van der Waals surface area contributed by atoms with Gasteiger partial charge in [-0.3, -0.25) is 0 Å². The fraction of sp³-hybridized carbons (Fsp3) is 0.500. The summed E-state index contributed by atoms with van der Waals surface area (Å²) in [7, 11) is 3.20. The van der Waals surface area contributed by atoms with Gasteiger partial charge in [0.15, 0.2) is 0 Å². The van der Waals surface area contributed by atoms with E-state index in [1.54, 1.807) is 7.05 Å². The molecule has 0 fully saturated rings. The molecule has 1 aromatic carbocycles. The highest BCUT2D eigenvalue weighted by Gasteiger charge is 2.21. The van der Waals surface area contributed by atoms with E-state index in [9.17, 15) is 14.6 Å². The highest BCUT2D eigenvalue weighted by Crippen LogP contribution is 2.25. The van der Waals surface area contributed by atoms with Crippen molar-refractivity contribution < 1.29 is 19.3 Å². The molecule has 0 bridgehead atoms. The molecule has 0 amide bonds. The summed E-state index contributed by atoms with van der Waals surface area (Å²) in [5.41, 5.74) is 0.0490. The summed E-state index contributed by atoms with van der Waals surface area (Å²) >= 11 is 0. The lowest BCUT2D eigenvalue weighted by atomic mass is 10.0. The number of benzene rings is 1. The number of aliphatic hydroxyl groups excluding tert-OH is 2. The van der Waals surface area contributed by atoms with Gasteiger partial charge in [-0.1, -0.05) is 0 Å². The second-order valence-corrected chi connectivity index (χ2v) is 3.79. The van der Waals surface area contributed by atoms with Crippen molar-refractivity contribution in [3.8, 4) is 5.75 Å². The molecule has 0 saturated carbocycles. The van der Waals surface area contributed by atoms with Gasteiger partial charge in [0.2, 0.25) is 0 Å². The van der Waals surface area contributed by atoms with Gasteiger partial charge in [0, 0.05) is 5.56 Å². The number of nitrogens with one attached hydrogen (secondary N) is 1. The predicted octanol–water partition coefficient (Wildman–Crippen LogP) is 0.838. The molecule has 4 nitrogen and oxygen atoms in total. The zero-order chi connectivity index (χ0) is 12.8. The molecule has 2 unspecified atom stereocenters. The lowest BCUT2D eigenvalue weighted by molar-refractivity contribution is 0.0119. The van der Waals surface area contributed by atoms with Crippen molar-refractivity contribution in [2.75, 3.05) is 20.7 Å². The SMILES string of the molecule is CNCCC(O)C(O)c1cc(OC)ccc1F. The second kappa shape index (κ2) is 6.54. The Morgan fingerprint density at radius 3 is 2.71 bits per heavy atom. The van der Waals surface area contributed by atoms with E-state index in [1.165, 1.54) is 25.3 Å². The third-order valence-electron chi connectivity index (χ3n) is 2.58. The summed E-state index contributed by atoms with van der Waals surface area (Å²) in [4.78, 5) is 0. The van der Waals surface area contributed by atoms with Gasteiger partial charge in [-0.2, -0.15) is 0 Å². The summed E-state index contributed by atoms with van der Waals surface area (Å²) in [6.07, 6.45) is -1.92. The van der Waals surface area contributed by atoms with E-state index in [1.807, 2.05) is 0 Å². The molecule has 0 aliphatic carbocycles. The van der Waals surface area contributed by atoms with Crippen LogP contribution < -0.4 is 10.1 Å². The zero-order valence-electron chi connectivity index (χ0n) is 9.98. The van der Waals surface area contributed by atoms with Crippen molar-refractivity contribution in [1.29, 1.82) is 0 Å². The number of rotatable bonds is 6. The maximum atomic E-state index is 13.5. The molecule has 0 saturated heterocycles. The Labute approximate surface area is 100 Å². The lowest BCUT2D eigenvalue weighted by Crippen LogP contribution is -2.24. The molecule has 0 heterocycles. The number of hydrogen-bond donors (Lipinski definition) is 3. The largest absolute Gasteiger partial charge is 0.497 e. The number of aliphatic hydroxyl groups is 2. The van der Waals surface area contributed by atoms with Gasteiger partial charge < -0.3 is 20.3 Å². The Balaban J connectivity index is 2.82. The summed E-state index contributed by atoms with van der Waals surface area (Å²) in [6.45, 7) is 0.545. The van der Waals surface area contributed by atoms with Crippen molar-refractivity contribution in [3.05, 3.63) is 29.6 Å². The first-order chi connectivity index (χ1) is 8.10. The Bertz CT molecular complexity index is 360. The molecule has 5 heteroatoms. The smallest absolute Gasteiger partial charge is 0.129 e. The molecular formula is C12H18FNO3. The number of methoxy groups -OCH3 is 1. The van der Waals surface area contributed by atoms with Crippen molar-refractivity contribution >= 4 is 0 Å². The molecule has 96 valence electrons. The van der Waals surface area contributed by atoms with Crippen LogP contribution in [0.3, 0.4) is 0 Å². The Kier molecular flexibility index (Phi) is 5.34. The zero-order valence-corrected chi connectivity index (χ0v) is 9.98. The lowest BCUT2D eigenvalue weighted by Gasteiger charge is -2.19. The summed E-state index contributed by atoms with van der Waals surface area (Å²) in [6, 6.07) is 4.07. The molecule has 0 aliphatic heterocycles. The third kappa shape index (κ3) is 3.66. The van der Waals surface area contributed by atoms with Gasteiger partial charge in [-0.25, -0.2) is 4.39 Å². The van der Waals surface area contributed by atoms with E-state index in [4.69, 9.17) is 4.74 Å². The van der Waals surface area contributed by atoms with Crippen LogP contribution in [-0.4, -0.2) is 37.0 Å². The molecule has 0 radical (unpaired) electrons. The molecule has 1 aromatic rings. The maximum absolute atomic E-state index is 13.5. The van der Waals surface area contributed by atoms with Gasteiger partial charge in [0.25, 0.3) is 0 Å². The van der Waals surface area contributed by atoms with Crippen LogP contribution in [0, 0.1) is 5.82 Å². The van der Waals surface area contributed by atoms with Crippen LogP contribution in [0.15, 0.2) is 18.2 Å². The van der Waals surface area contributed by atoms with Crippen LogP contribution in [0.2, 0.25) is 0 Å². The van der Waals surface area contributed by atoms with Crippen LogP contribution in [0.4, 0.5) is 4.39 Å². The van der Waals surface area contributed by atoms with Crippen LogP contribution in [0.1, 0.15) is 18.1 Å². The van der Waals surface area contributed by atoms with Crippen molar-refractivity contribution in [3.63, 3.8) is 0 Å². The van der Waals surface area contributed by atoms with Crippen molar-refractivity contribution in [2.24, 2.45) is 0 Å². The molecule has 0 spiro atoms. The van der Waals surface area contributed by atoms with E-state index in [2.05, 4.69) is 5.32 Å². The van der Waals surface area contributed by atoms with E-state index >= 15 is 0 Å². The Morgan fingerprint density at radius 1 is 1.41 bits per heavy atom. The molecule has 0 aromatic heterocycles. The molecule has 1 rings (SSSR count). The highest BCUT2D eigenvalue weighted by molar-refractivity contribution is 5.31. The standard InChI is InChI=1S/C12H18FNO3/c1-14-6-5-11(15)12(16)9-7-8(17-2)3-4-10(9)13/h3-4,7,11-12,14-16H,5-6H2,1-2H3. The van der Waals surface area contributed by atoms with Crippen molar-refractivity contribution in [1.82, 2.24) is 5.32 Å². The van der Waals surface area contributed by atoms with Crippen LogP contribution in [0.5, 0.6) is 5.75 Å². The van der Waals surface area contributed by atoms with Gasteiger partial charge in [0.1, 0.15) is 17.7 Å². The minimum atomic E-state index is -1.25. The van der Waals surface area contributed by atoms with E-state index in [0.717, 1.165) is 0 Å². The van der Waals surface area contributed by atoms with Crippen LogP contribution in [-0.2, 0) is 0 Å². The molecule has 17 heavy (non-hydrogen) atoms. The van der Waals surface area contributed by atoms with Gasteiger partial charge >= 0.3 is 0 Å². The number of halogens is 1. The molecular weight excluding hydrogens is 225 g/mol. The Hall–Kier alpha value is -1.17. The topological polar surface area (TPSA) is 61.7 Å². The first-order valence-electron chi connectivity index (χ1n) is 5.44. The summed E-state index contributed by atoms with van der Waals surface area (Å²) in [5.74, 6) is -0.108. The Morgan fingerprint density at radius 2 is 2.12 bits per heavy atom. The summed E-state index contributed by atoms with van der Waals surface area (Å²) in [5, 5.41) is 22.4. The number of ether oxygens (including phenoxy) is 1. The molecule has 2 atom stereocenters. The monoisotopic (exact) mass is 243 g/mol. The summed E-state index contributed by atoms with van der Waals surface area (Å²) < 4.78 is 18.4. The van der Waals surface area contributed by atoms with E-state index in [-0.39, 0.29) is 5.56 Å². The second-order valence-electron chi connectivity index (χ2n) is 3.79. The fourth-order valence-corrected chi connectivity index (χ4v) is 1.53. The maximum Gasteiger partial charge on any atom is 0.129 e. The molecule has 3 N–H and O–H groups in total. The first-order valence-corrected chi connectivity index (χ1v) is 5.44. The normalized spacial score (nSPS) is 14.4. The first kappa shape index (κ1) is 13.9. The quantitative estimate of drug-likeness (QED) is 0.693. The van der Waals surface area contributed by atoms with Gasteiger partial charge in [-0.05, 0) is 38.2 Å². The third-order valence-corrected chi connectivity index (χ3v) is 2.58. The predicted molar refractivity (Wildman–Crippen MR) is 62.5 cm³/mol. The highest BCUT2D eigenvalue weighted by atomic mass is 19.1. The van der Waals surface area contributed by atoms with Crippen LogP contribution >= 0.6 is 0 Å². The minimum Gasteiger partial charge on any atom is -0.497 e. The van der Waals surface area contributed by atoms with Crippen molar-refractivity contribution in [2.45, 2.75) is 18.6 Å². The number of hydrogen-bond acceptors (Lipinski definition) is 4. The molecule has 0 aliphatic rings.